The number of nitrogens with zero attached hydrogens (tertiary/aromatic N) is 1. The van der Waals surface area contributed by atoms with E-state index in [1.165, 1.54) is 17.6 Å². The molecule has 0 saturated heterocycles. The average Bonchev–Trinajstić information content (AvgIpc) is 3.01. The van der Waals surface area contributed by atoms with Gasteiger partial charge in [0.1, 0.15) is 0 Å². The van der Waals surface area contributed by atoms with E-state index in [-0.39, 0.29) is 23.4 Å². The molecule has 2 fully saturated rings. The topological polar surface area (TPSA) is 70.4 Å². The number of carboxylic acid groups (broad SMARTS) is 1. The Labute approximate surface area is 185 Å². The Bertz CT molecular complexity index is 950. The number of carboxylic acids is 1. The number of pyridine rings is 1. The van der Waals surface area contributed by atoms with Gasteiger partial charge in [0.2, 0.25) is 0 Å². The molecule has 0 aromatic carbocycles. The number of aliphatic carboxylic acids is 1. The van der Waals surface area contributed by atoms with Gasteiger partial charge in [-0.3, -0.25) is 9.78 Å². The summed E-state index contributed by atoms with van der Waals surface area (Å²) in [5.74, 6) is 1.37. The monoisotopic (exact) mass is 421 g/mol. The Kier molecular flexibility index (Phi) is 4.93. The quantitative estimate of drug-likeness (QED) is 0.633. The molecule has 0 spiro atoms. The molecule has 7 atom stereocenters. The van der Waals surface area contributed by atoms with E-state index in [1.807, 2.05) is 12.3 Å². The molecule has 5 rings (SSSR count). The van der Waals surface area contributed by atoms with Gasteiger partial charge in [-0.2, -0.15) is 0 Å². The smallest absolute Gasteiger partial charge is 0.307 e. The number of fused-ring (bicyclic) bond motifs is 5. The molecule has 0 amide bonds. The first-order valence-corrected chi connectivity index (χ1v) is 12.0. The molecule has 4 aliphatic carbocycles. The van der Waals surface area contributed by atoms with Crippen LogP contribution in [0.2, 0.25) is 0 Å². The summed E-state index contributed by atoms with van der Waals surface area (Å²) in [5.41, 5.74) is 5.14. The molecule has 31 heavy (non-hydrogen) atoms. The first kappa shape index (κ1) is 20.9. The number of aliphatic hydroxyl groups is 1. The highest BCUT2D eigenvalue weighted by molar-refractivity contribution is 5.81. The van der Waals surface area contributed by atoms with Crippen LogP contribution in [0.4, 0.5) is 0 Å². The molecule has 4 heteroatoms. The van der Waals surface area contributed by atoms with Crippen LogP contribution >= 0.6 is 0 Å². The van der Waals surface area contributed by atoms with Crippen LogP contribution in [-0.2, 0) is 4.79 Å². The maximum atomic E-state index is 11.8. The van der Waals surface area contributed by atoms with Crippen molar-refractivity contribution in [3.8, 4) is 0 Å². The third kappa shape index (κ3) is 3.13. The minimum atomic E-state index is -0.734. The molecule has 0 bridgehead atoms. The van der Waals surface area contributed by atoms with Gasteiger partial charge < -0.3 is 10.2 Å². The zero-order valence-corrected chi connectivity index (χ0v) is 19.0. The molecule has 1 aromatic rings. The van der Waals surface area contributed by atoms with Crippen LogP contribution in [-0.4, -0.2) is 27.3 Å². The van der Waals surface area contributed by atoms with E-state index in [4.69, 9.17) is 0 Å². The fourth-order valence-corrected chi connectivity index (χ4v) is 8.17. The van der Waals surface area contributed by atoms with Crippen LogP contribution in [0, 0.1) is 34.5 Å². The summed E-state index contributed by atoms with van der Waals surface area (Å²) in [6.45, 7) is 7.19. The van der Waals surface area contributed by atoms with E-state index in [1.54, 1.807) is 6.20 Å². The molecule has 4 aliphatic rings. The van der Waals surface area contributed by atoms with Crippen LogP contribution in [0.25, 0.3) is 5.57 Å². The summed E-state index contributed by atoms with van der Waals surface area (Å²) < 4.78 is 0. The van der Waals surface area contributed by atoms with Crippen molar-refractivity contribution in [2.45, 2.75) is 71.8 Å². The molecule has 0 aliphatic heterocycles. The maximum Gasteiger partial charge on any atom is 0.307 e. The van der Waals surface area contributed by atoms with Crippen molar-refractivity contribution in [1.29, 1.82) is 0 Å². The van der Waals surface area contributed by atoms with Gasteiger partial charge in [-0.05, 0) is 90.2 Å². The summed E-state index contributed by atoms with van der Waals surface area (Å²) in [4.78, 5) is 16.1. The standard InChI is InChI=1S/C27H35NO3/c1-16-11-19-14-20(29)6-8-26(19,2)21-7-9-27(3)22(24(16)21)12-18(13-23(30)31)25(27)17-5-4-10-28-15-17/h4-5,10-11,15-16,20-22,24,29H,6-9,12-14H2,1-3H3,(H,30,31)/t16-,20+,21+,22+,24-,26+,27+/m1/s1. The SMILES string of the molecule is C[C@@H]1C=C2C[C@@H](O)CC[C@]2(C)[C@H]2CC[C@]3(C)C(c4cccnc4)=C(CC(=O)O)C[C@H]3[C@H]12. The van der Waals surface area contributed by atoms with E-state index in [0.717, 1.165) is 43.2 Å². The third-order valence-corrected chi connectivity index (χ3v) is 9.50. The lowest BCUT2D eigenvalue weighted by Gasteiger charge is -2.59. The molecular formula is C27H35NO3. The zero-order chi connectivity index (χ0) is 22.0. The van der Waals surface area contributed by atoms with Crippen LogP contribution in [0.15, 0.2) is 41.7 Å². The highest BCUT2D eigenvalue weighted by Crippen LogP contribution is 2.68. The molecule has 0 unspecified atom stereocenters. The van der Waals surface area contributed by atoms with Crippen molar-refractivity contribution < 1.29 is 15.0 Å². The van der Waals surface area contributed by atoms with Crippen LogP contribution in [0.3, 0.4) is 0 Å². The first-order valence-electron chi connectivity index (χ1n) is 12.0. The number of allylic oxidation sites excluding steroid dienone is 2. The van der Waals surface area contributed by atoms with E-state index in [9.17, 15) is 15.0 Å². The number of hydrogen-bond acceptors (Lipinski definition) is 3. The molecular weight excluding hydrogens is 386 g/mol. The van der Waals surface area contributed by atoms with Crippen molar-refractivity contribution in [3.05, 3.63) is 47.3 Å². The second kappa shape index (κ2) is 7.30. The Balaban J connectivity index is 1.57. The van der Waals surface area contributed by atoms with Gasteiger partial charge in [0, 0.05) is 12.4 Å². The Morgan fingerprint density at radius 3 is 2.65 bits per heavy atom. The van der Waals surface area contributed by atoms with Crippen LogP contribution in [0.1, 0.15) is 71.3 Å². The normalized spacial score (nSPS) is 41.8. The minimum Gasteiger partial charge on any atom is -0.481 e. The summed E-state index contributed by atoms with van der Waals surface area (Å²) >= 11 is 0. The van der Waals surface area contributed by atoms with E-state index in [2.05, 4.69) is 37.9 Å². The van der Waals surface area contributed by atoms with E-state index >= 15 is 0 Å². The average molecular weight is 422 g/mol. The highest BCUT2D eigenvalue weighted by Gasteiger charge is 2.59. The minimum absolute atomic E-state index is 0.000866. The van der Waals surface area contributed by atoms with Crippen molar-refractivity contribution in [2.24, 2.45) is 34.5 Å². The Morgan fingerprint density at radius 2 is 1.94 bits per heavy atom. The Hall–Kier alpha value is -1.94. The summed E-state index contributed by atoms with van der Waals surface area (Å²) in [6, 6.07) is 4.08. The number of rotatable bonds is 3. The van der Waals surface area contributed by atoms with Crippen LogP contribution < -0.4 is 0 Å². The van der Waals surface area contributed by atoms with Crippen LogP contribution in [0.5, 0.6) is 0 Å². The molecule has 2 saturated carbocycles. The van der Waals surface area contributed by atoms with Crippen molar-refractivity contribution in [1.82, 2.24) is 4.98 Å². The molecule has 0 radical (unpaired) electrons. The summed E-state index contributed by atoms with van der Waals surface area (Å²) in [6.07, 6.45) is 12.1. The fourth-order valence-electron chi connectivity index (χ4n) is 8.17. The lowest BCUT2D eigenvalue weighted by atomic mass is 9.45. The molecule has 1 aromatic heterocycles. The van der Waals surface area contributed by atoms with Gasteiger partial charge >= 0.3 is 5.97 Å². The van der Waals surface area contributed by atoms with E-state index < -0.39 is 5.97 Å². The molecule has 2 N–H and O–H groups in total. The summed E-state index contributed by atoms with van der Waals surface area (Å²) in [5, 5.41) is 20.0. The first-order chi connectivity index (χ1) is 14.7. The number of aromatic nitrogens is 1. The van der Waals surface area contributed by atoms with Gasteiger partial charge in [0.25, 0.3) is 0 Å². The predicted molar refractivity (Wildman–Crippen MR) is 121 cm³/mol. The number of hydrogen-bond donors (Lipinski definition) is 2. The van der Waals surface area contributed by atoms with Gasteiger partial charge in [0.05, 0.1) is 12.5 Å². The van der Waals surface area contributed by atoms with Gasteiger partial charge in [-0.15, -0.1) is 0 Å². The predicted octanol–water partition coefficient (Wildman–Crippen LogP) is 5.49. The molecule has 4 nitrogen and oxygen atoms in total. The second-order valence-corrected chi connectivity index (χ2v) is 11.1. The third-order valence-electron chi connectivity index (χ3n) is 9.50. The van der Waals surface area contributed by atoms with Crippen molar-refractivity contribution >= 4 is 11.5 Å². The van der Waals surface area contributed by atoms with Crippen molar-refractivity contribution in [2.75, 3.05) is 0 Å². The van der Waals surface area contributed by atoms with Gasteiger partial charge in [-0.25, -0.2) is 0 Å². The lowest BCUT2D eigenvalue weighted by molar-refractivity contribution is -0.136. The highest BCUT2D eigenvalue weighted by atomic mass is 16.4. The van der Waals surface area contributed by atoms with E-state index in [0.29, 0.717) is 23.7 Å². The number of aliphatic hydroxyl groups excluding tert-OH is 1. The van der Waals surface area contributed by atoms with Crippen molar-refractivity contribution in [3.63, 3.8) is 0 Å². The largest absolute Gasteiger partial charge is 0.481 e. The van der Waals surface area contributed by atoms with Gasteiger partial charge in [0.15, 0.2) is 0 Å². The zero-order valence-electron chi connectivity index (χ0n) is 19.0. The fraction of sp³-hybridized carbons (Fsp3) is 0.630. The number of carbonyl (C=O) groups is 1. The second-order valence-electron chi connectivity index (χ2n) is 11.1. The summed E-state index contributed by atoms with van der Waals surface area (Å²) in [7, 11) is 0. The molecule has 1 heterocycles. The van der Waals surface area contributed by atoms with Gasteiger partial charge in [-0.1, -0.05) is 44.1 Å². The maximum absolute atomic E-state index is 11.8. The Morgan fingerprint density at radius 1 is 1.16 bits per heavy atom. The lowest BCUT2D eigenvalue weighted by Crippen LogP contribution is -2.52. The molecule has 166 valence electrons.